The van der Waals surface area contributed by atoms with E-state index < -0.39 is 31.8 Å². The molecule has 2 N–H and O–H groups in total. The van der Waals surface area contributed by atoms with Gasteiger partial charge in [0.1, 0.15) is 5.60 Å². The molecule has 0 aromatic heterocycles. The summed E-state index contributed by atoms with van der Waals surface area (Å²) in [5.41, 5.74) is -1.11. The zero-order chi connectivity index (χ0) is 14.0. The van der Waals surface area contributed by atoms with Gasteiger partial charge in [0.05, 0.1) is 10.3 Å². The SMILES string of the molecule is CC(C)(C)OC(=O)N(N)C12CC(S(C)(=O)=O)(C1)C2. The van der Waals surface area contributed by atoms with Crippen molar-refractivity contribution in [2.45, 2.75) is 55.9 Å². The molecular weight excluding hydrogens is 256 g/mol. The van der Waals surface area contributed by atoms with Crippen LogP contribution in [0.15, 0.2) is 0 Å². The van der Waals surface area contributed by atoms with Crippen molar-refractivity contribution in [2.24, 2.45) is 5.84 Å². The van der Waals surface area contributed by atoms with E-state index in [0.717, 1.165) is 5.01 Å². The Labute approximate surface area is 107 Å². The molecule has 0 radical (unpaired) electrons. The van der Waals surface area contributed by atoms with Gasteiger partial charge in [-0.25, -0.2) is 24.1 Å². The van der Waals surface area contributed by atoms with Gasteiger partial charge in [0, 0.05) is 6.26 Å². The van der Waals surface area contributed by atoms with Crippen LogP contribution < -0.4 is 5.84 Å². The number of nitrogens with two attached hydrogens (primary N) is 1. The Morgan fingerprint density at radius 3 is 2.06 bits per heavy atom. The molecule has 3 saturated carbocycles. The summed E-state index contributed by atoms with van der Waals surface area (Å²) in [6.07, 6.45) is 1.92. The molecule has 3 aliphatic carbocycles. The summed E-state index contributed by atoms with van der Waals surface area (Å²) in [6.45, 7) is 5.29. The summed E-state index contributed by atoms with van der Waals surface area (Å²) in [5, 5.41) is 1.07. The van der Waals surface area contributed by atoms with E-state index >= 15 is 0 Å². The third-order valence-corrected chi connectivity index (χ3v) is 5.85. The quantitative estimate of drug-likeness (QED) is 0.458. The monoisotopic (exact) mass is 276 g/mol. The first-order valence-corrected chi connectivity index (χ1v) is 7.78. The minimum atomic E-state index is -3.07. The van der Waals surface area contributed by atoms with Gasteiger partial charge in [-0.1, -0.05) is 0 Å². The summed E-state index contributed by atoms with van der Waals surface area (Å²) in [6, 6.07) is 0. The molecule has 0 saturated heterocycles. The third-order valence-electron chi connectivity index (χ3n) is 3.84. The molecule has 3 fully saturated rings. The van der Waals surface area contributed by atoms with Crippen LogP contribution in [0, 0.1) is 0 Å². The van der Waals surface area contributed by atoms with E-state index in [1.807, 2.05) is 0 Å². The van der Waals surface area contributed by atoms with Gasteiger partial charge in [0.25, 0.3) is 0 Å². The van der Waals surface area contributed by atoms with Crippen molar-refractivity contribution in [3.05, 3.63) is 0 Å². The molecular formula is C11H20N2O4S. The van der Waals surface area contributed by atoms with Crippen molar-refractivity contribution in [1.82, 2.24) is 5.01 Å². The Morgan fingerprint density at radius 1 is 1.28 bits per heavy atom. The fourth-order valence-corrected chi connectivity index (χ4v) is 4.39. The Kier molecular flexibility index (Phi) is 2.56. The van der Waals surface area contributed by atoms with E-state index in [-0.39, 0.29) is 0 Å². The molecule has 0 aromatic rings. The molecule has 1 amide bonds. The molecule has 2 bridgehead atoms. The van der Waals surface area contributed by atoms with Crippen LogP contribution in [-0.2, 0) is 14.6 Å². The van der Waals surface area contributed by atoms with Gasteiger partial charge < -0.3 is 4.74 Å². The number of rotatable bonds is 2. The first kappa shape index (κ1) is 13.6. The number of sulfone groups is 1. The second-order valence-corrected chi connectivity index (χ2v) is 8.97. The lowest BCUT2D eigenvalue weighted by atomic mass is 9.48. The molecule has 6 nitrogen and oxygen atoms in total. The molecule has 3 rings (SSSR count). The minimum Gasteiger partial charge on any atom is -0.443 e. The van der Waals surface area contributed by atoms with Gasteiger partial charge in [-0.15, -0.1) is 0 Å². The smallest absolute Gasteiger partial charge is 0.425 e. The van der Waals surface area contributed by atoms with Gasteiger partial charge in [-0.3, -0.25) is 0 Å². The fraction of sp³-hybridized carbons (Fsp3) is 0.909. The average Bonchev–Trinajstić information content (AvgIpc) is 1.91. The highest BCUT2D eigenvalue weighted by Gasteiger charge is 2.76. The number of nitrogens with zero attached hydrogens (tertiary/aromatic N) is 1. The van der Waals surface area contributed by atoms with Crippen LogP contribution in [-0.4, -0.2) is 41.7 Å². The number of hydrogen-bond acceptors (Lipinski definition) is 5. The number of ether oxygens (including phenoxy) is 1. The number of hydrogen-bond donors (Lipinski definition) is 1. The van der Waals surface area contributed by atoms with Crippen molar-refractivity contribution in [3.63, 3.8) is 0 Å². The maximum Gasteiger partial charge on any atom is 0.425 e. The lowest BCUT2D eigenvalue weighted by Crippen LogP contribution is -2.82. The van der Waals surface area contributed by atoms with Crippen LogP contribution in [0.4, 0.5) is 4.79 Å². The predicted molar refractivity (Wildman–Crippen MR) is 66.4 cm³/mol. The standard InChI is InChI=1S/C11H20N2O4S/c1-9(2,3)17-8(14)13(12)10-5-11(6-10,7-10)18(4,15)16/h5-7,12H2,1-4H3. The molecule has 7 heteroatoms. The van der Waals surface area contributed by atoms with Crippen LogP contribution in [0.5, 0.6) is 0 Å². The summed E-state index contributed by atoms with van der Waals surface area (Å²) in [4.78, 5) is 11.8. The Hall–Kier alpha value is -0.820. The summed E-state index contributed by atoms with van der Waals surface area (Å²) >= 11 is 0. The Balaban J connectivity index is 2.00. The van der Waals surface area contributed by atoms with Crippen molar-refractivity contribution < 1.29 is 17.9 Å². The zero-order valence-electron chi connectivity index (χ0n) is 11.2. The van der Waals surface area contributed by atoms with Gasteiger partial charge in [0.15, 0.2) is 9.84 Å². The Bertz CT molecular complexity index is 472. The van der Waals surface area contributed by atoms with E-state index in [1.54, 1.807) is 20.8 Å². The molecule has 3 aliphatic rings. The molecule has 104 valence electrons. The zero-order valence-corrected chi connectivity index (χ0v) is 12.0. The van der Waals surface area contributed by atoms with Crippen molar-refractivity contribution >= 4 is 15.9 Å². The summed E-state index contributed by atoms with van der Waals surface area (Å²) < 4.78 is 27.7. The average molecular weight is 276 g/mol. The van der Waals surface area contributed by atoms with E-state index in [4.69, 9.17) is 10.6 Å². The highest BCUT2D eigenvalue weighted by molar-refractivity contribution is 7.92. The molecule has 0 unspecified atom stereocenters. The predicted octanol–water partition coefficient (Wildman–Crippen LogP) is 0.817. The first-order valence-electron chi connectivity index (χ1n) is 5.88. The number of carbonyl (C=O) groups is 1. The molecule has 0 heterocycles. The van der Waals surface area contributed by atoms with Crippen LogP contribution in [0.1, 0.15) is 40.0 Å². The van der Waals surface area contributed by atoms with Crippen molar-refractivity contribution in [1.29, 1.82) is 0 Å². The normalized spacial score (nSPS) is 34.3. The lowest BCUT2D eigenvalue weighted by molar-refractivity contribution is -0.122. The van der Waals surface area contributed by atoms with E-state index in [1.165, 1.54) is 6.26 Å². The highest BCUT2D eigenvalue weighted by Crippen LogP contribution is 2.66. The highest BCUT2D eigenvalue weighted by atomic mass is 32.2. The van der Waals surface area contributed by atoms with Crippen LogP contribution in [0.25, 0.3) is 0 Å². The maximum absolute atomic E-state index is 11.8. The van der Waals surface area contributed by atoms with E-state index in [0.29, 0.717) is 19.3 Å². The number of carbonyl (C=O) groups excluding carboxylic acids is 1. The minimum absolute atomic E-state index is 0.425. The van der Waals surface area contributed by atoms with Crippen LogP contribution >= 0.6 is 0 Å². The largest absolute Gasteiger partial charge is 0.443 e. The van der Waals surface area contributed by atoms with E-state index in [2.05, 4.69) is 0 Å². The second-order valence-electron chi connectivity index (χ2n) is 6.56. The van der Waals surface area contributed by atoms with Gasteiger partial charge in [-0.05, 0) is 40.0 Å². The van der Waals surface area contributed by atoms with Crippen LogP contribution in [0.2, 0.25) is 0 Å². The van der Waals surface area contributed by atoms with Crippen LogP contribution in [0.3, 0.4) is 0 Å². The molecule has 0 spiro atoms. The molecule has 0 aliphatic heterocycles. The summed E-state index contributed by atoms with van der Waals surface area (Å²) in [5.74, 6) is 5.77. The van der Waals surface area contributed by atoms with E-state index in [9.17, 15) is 13.2 Å². The third kappa shape index (κ3) is 1.80. The fourth-order valence-electron chi connectivity index (χ4n) is 2.80. The van der Waals surface area contributed by atoms with Gasteiger partial charge in [0.2, 0.25) is 0 Å². The van der Waals surface area contributed by atoms with Gasteiger partial charge >= 0.3 is 6.09 Å². The van der Waals surface area contributed by atoms with Crippen molar-refractivity contribution in [2.75, 3.05) is 6.26 Å². The number of hydrazine groups is 1. The maximum atomic E-state index is 11.8. The van der Waals surface area contributed by atoms with Crippen molar-refractivity contribution in [3.8, 4) is 0 Å². The Morgan fingerprint density at radius 2 is 1.72 bits per heavy atom. The second kappa shape index (κ2) is 3.39. The summed E-state index contributed by atoms with van der Waals surface area (Å²) in [7, 11) is -3.07. The molecule has 18 heavy (non-hydrogen) atoms. The first-order chi connectivity index (χ1) is 7.91. The lowest BCUT2D eigenvalue weighted by Gasteiger charge is -2.70. The molecule has 0 aromatic carbocycles. The number of amides is 1. The topological polar surface area (TPSA) is 89.7 Å². The van der Waals surface area contributed by atoms with Gasteiger partial charge in [-0.2, -0.15) is 0 Å². The molecule has 0 atom stereocenters.